The van der Waals surface area contributed by atoms with E-state index in [1.54, 1.807) is 5.32 Å². The van der Waals surface area contributed by atoms with Crippen LogP contribution >= 0.6 is 0 Å². The van der Waals surface area contributed by atoms with Gasteiger partial charge >= 0.3 is 6.18 Å². The third kappa shape index (κ3) is 5.41. The zero-order chi connectivity index (χ0) is 16.2. The van der Waals surface area contributed by atoms with Crippen molar-refractivity contribution >= 4 is 11.8 Å². The van der Waals surface area contributed by atoms with E-state index in [2.05, 4.69) is 0 Å². The van der Waals surface area contributed by atoms with Crippen molar-refractivity contribution in [3.05, 3.63) is 35.1 Å². The van der Waals surface area contributed by atoms with Crippen LogP contribution in [-0.2, 0) is 4.79 Å². The SMILES string of the molecule is Cc1cc(C(=O)N(C)CC(=O)NCC(F)(F)F)ccc1F. The summed E-state index contributed by atoms with van der Waals surface area (Å²) in [5.41, 5.74) is 0.413. The van der Waals surface area contributed by atoms with E-state index >= 15 is 0 Å². The van der Waals surface area contributed by atoms with Crippen molar-refractivity contribution in [2.24, 2.45) is 0 Å². The molecule has 1 N–H and O–H groups in total. The average Bonchev–Trinajstić information content (AvgIpc) is 2.38. The Morgan fingerprint density at radius 2 is 1.90 bits per heavy atom. The lowest BCUT2D eigenvalue weighted by Gasteiger charge is -2.17. The second-order valence-corrected chi connectivity index (χ2v) is 4.52. The number of alkyl halides is 3. The Kier molecular flexibility index (Phi) is 5.28. The number of aryl methyl sites for hydroxylation is 1. The molecule has 0 spiro atoms. The minimum absolute atomic E-state index is 0.153. The number of carbonyl (C=O) groups is 2. The summed E-state index contributed by atoms with van der Waals surface area (Å²) in [6.07, 6.45) is -4.51. The summed E-state index contributed by atoms with van der Waals surface area (Å²) >= 11 is 0. The van der Waals surface area contributed by atoms with Gasteiger partial charge in [-0.2, -0.15) is 13.2 Å². The van der Waals surface area contributed by atoms with Crippen molar-refractivity contribution in [3.63, 3.8) is 0 Å². The summed E-state index contributed by atoms with van der Waals surface area (Å²) in [5, 5.41) is 1.66. The molecule has 8 heteroatoms. The molecule has 4 nitrogen and oxygen atoms in total. The number of hydrogen-bond acceptors (Lipinski definition) is 2. The molecule has 0 saturated heterocycles. The Bertz CT molecular complexity index is 543. The molecule has 0 aliphatic heterocycles. The summed E-state index contributed by atoms with van der Waals surface area (Å²) in [5.74, 6) is -1.99. The molecule has 0 atom stereocenters. The number of benzene rings is 1. The first-order chi connectivity index (χ1) is 9.60. The van der Waals surface area contributed by atoms with E-state index in [4.69, 9.17) is 0 Å². The van der Waals surface area contributed by atoms with Gasteiger partial charge in [0, 0.05) is 12.6 Å². The first-order valence-corrected chi connectivity index (χ1v) is 5.95. The fourth-order valence-electron chi connectivity index (χ4n) is 1.54. The molecule has 1 aromatic rings. The molecule has 1 rings (SSSR count). The standard InChI is InChI=1S/C13H14F4N2O2/c1-8-5-9(3-4-10(8)14)12(21)19(2)6-11(20)18-7-13(15,16)17/h3-5H,6-7H2,1-2H3,(H,18,20). The third-order valence-electron chi connectivity index (χ3n) is 2.62. The van der Waals surface area contributed by atoms with Gasteiger partial charge in [-0.15, -0.1) is 0 Å². The smallest absolute Gasteiger partial charge is 0.345 e. The quantitative estimate of drug-likeness (QED) is 0.864. The highest BCUT2D eigenvalue weighted by atomic mass is 19.4. The molecular formula is C13H14F4N2O2. The molecule has 0 aliphatic carbocycles. The number of rotatable bonds is 4. The monoisotopic (exact) mass is 306 g/mol. The van der Waals surface area contributed by atoms with Crippen molar-refractivity contribution in [2.75, 3.05) is 20.1 Å². The van der Waals surface area contributed by atoms with Crippen LogP contribution in [0.15, 0.2) is 18.2 Å². The van der Waals surface area contributed by atoms with E-state index < -0.39 is 36.9 Å². The fraction of sp³-hybridized carbons (Fsp3) is 0.385. The average molecular weight is 306 g/mol. The molecule has 0 aliphatic rings. The Labute approximate surface area is 118 Å². The van der Waals surface area contributed by atoms with E-state index in [0.717, 1.165) is 11.0 Å². The van der Waals surface area contributed by atoms with Crippen molar-refractivity contribution in [2.45, 2.75) is 13.1 Å². The van der Waals surface area contributed by atoms with Gasteiger partial charge in [-0.05, 0) is 30.7 Å². The minimum atomic E-state index is -4.51. The summed E-state index contributed by atoms with van der Waals surface area (Å²) in [6, 6.07) is 3.66. The minimum Gasteiger partial charge on any atom is -0.345 e. The van der Waals surface area contributed by atoms with Crippen LogP contribution in [0.4, 0.5) is 17.6 Å². The van der Waals surface area contributed by atoms with Crippen molar-refractivity contribution in [3.8, 4) is 0 Å². The number of nitrogens with one attached hydrogen (secondary N) is 1. The number of halogens is 4. The molecule has 0 bridgehead atoms. The topological polar surface area (TPSA) is 49.4 Å². The zero-order valence-electron chi connectivity index (χ0n) is 11.4. The summed E-state index contributed by atoms with van der Waals surface area (Å²) in [7, 11) is 1.27. The molecule has 0 heterocycles. The van der Waals surface area contributed by atoms with Crippen LogP contribution in [0.5, 0.6) is 0 Å². The Hall–Kier alpha value is -2.12. The lowest BCUT2D eigenvalue weighted by Crippen LogP contribution is -2.41. The molecule has 21 heavy (non-hydrogen) atoms. The van der Waals surface area contributed by atoms with Crippen LogP contribution in [0.3, 0.4) is 0 Å². The normalized spacial score (nSPS) is 11.1. The number of amides is 2. The third-order valence-corrected chi connectivity index (χ3v) is 2.62. The molecule has 0 aromatic heterocycles. The van der Waals surface area contributed by atoms with Crippen molar-refractivity contribution < 1.29 is 27.2 Å². The van der Waals surface area contributed by atoms with Gasteiger partial charge in [0.1, 0.15) is 12.4 Å². The highest BCUT2D eigenvalue weighted by molar-refractivity contribution is 5.96. The second-order valence-electron chi connectivity index (χ2n) is 4.52. The molecule has 0 unspecified atom stereocenters. The van der Waals surface area contributed by atoms with Gasteiger partial charge in [0.05, 0.1) is 6.54 Å². The van der Waals surface area contributed by atoms with Gasteiger partial charge in [-0.1, -0.05) is 0 Å². The van der Waals surface area contributed by atoms with Crippen LogP contribution < -0.4 is 5.32 Å². The number of carbonyl (C=O) groups excluding carboxylic acids is 2. The zero-order valence-corrected chi connectivity index (χ0v) is 11.4. The Morgan fingerprint density at radius 3 is 2.43 bits per heavy atom. The fourth-order valence-corrected chi connectivity index (χ4v) is 1.54. The molecular weight excluding hydrogens is 292 g/mol. The van der Waals surface area contributed by atoms with Gasteiger partial charge in [0.2, 0.25) is 5.91 Å². The summed E-state index contributed by atoms with van der Waals surface area (Å²) in [4.78, 5) is 24.2. The predicted molar refractivity (Wildman–Crippen MR) is 67.2 cm³/mol. The van der Waals surface area contributed by atoms with Gasteiger partial charge < -0.3 is 10.2 Å². The number of likely N-dealkylation sites (N-methyl/N-ethyl adjacent to an activating group) is 1. The Balaban J connectivity index is 2.62. The van der Waals surface area contributed by atoms with Crippen LogP contribution in [-0.4, -0.2) is 43.0 Å². The van der Waals surface area contributed by atoms with Crippen LogP contribution in [0, 0.1) is 12.7 Å². The van der Waals surface area contributed by atoms with Crippen LogP contribution in [0.1, 0.15) is 15.9 Å². The van der Waals surface area contributed by atoms with E-state index in [0.29, 0.717) is 0 Å². The Morgan fingerprint density at radius 1 is 1.29 bits per heavy atom. The second kappa shape index (κ2) is 6.55. The van der Waals surface area contributed by atoms with E-state index in [-0.39, 0.29) is 11.1 Å². The highest BCUT2D eigenvalue weighted by Crippen LogP contribution is 2.13. The summed E-state index contributed by atoms with van der Waals surface area (Å²) in [6.45, 7) is -0.503. The lowest BCUT2D eigenvalue weighted by atomic mass is 10.1. The first-order valence-electron chi connectivity index (χ1n) is 5.95. The molecule has 0 fully saturated rings. The van der Waals surface area contributed by atoms with Gasteiger partial charge in [0.25, 0.3) is 5.91 Å². The van der Waals surface area contributed by atoms with Crippen LogP contribution in [0.2, 0.25) is 0 Å². The van der Waals surface area contributed by atoms with E-state index in [1.807, 2.05) is 0 Å². The number of hydrogen-bond donors (Lipinski definition) is 1. The predicted octanol–water partition coefficient (Wildman–Crippen LogP) is 1.88. The van der Waals surface area contributed by atoms with Gasteiger partial charge in [-0.3, -0.25) is 9.59 Å². The summed E-state index contributed by atoms with van der Waals surface area (Å²) < 4.78 is 48.9. The van der Waals surface area contributed by atoms with Gasteiger partial charge in [0.15, 0.2) is 0 Å². The maximum absolute atomic E-state index is 13.1. The number of nitrogens with zero attached hydrogens (tertiary/aromatic N) is 1. The lowest BCUT2D eigenvalue weighted by molar-refractivity contribution is -0.138. The maximum atomic E-state index is 13.1. The largest absolute Gasteiger partial charge is 0.405 e. The van der Waals surface area contributed by atoms with Crippen molar-refractivity contribution in [1.29, 1.82) is 0 Å². The van der Waals surface area contributed by atoms with Crippen LogP contribution in [0.25, 0.3) is 0 Å². The van der Waals surface area contributed by atoms with E-state index in [9.17, 15) is 27.2 Å². The van der Waals surface area contributed by atoms with Gasteiger partial charge in [-0.25, -0.2) is 4.39 Å². The molecule has 116 valence electrons. The molecule has 2 amide bonds. The molecule has 0 saturated carbocycles. The molecule has 0 radical (unpaired) electrons. The van der Waals surface area contributed by atoms with E-state index in [1.165, 1.54) is 26.1 Å². The van der Waals surface area contributed by atoms with Crippen molar-refractivity contribution in [1.82, 2.24) is 10.2 Å². The maximum Gasteiger partial charge on any atom is 0.405 e. The first kappa shape index (κ1) is 16.9. The highest BCUT2D eigenvalue weighted by Gasteiger charge is 2.28. The molecule has 1 aromatic carbocycles.